The summed E-state index contributed by atoms with van der Waals surface area (Å²) in [5.74, 6) is 0.463. The maximum absolute atomic E-state index is 14.1. The molecule has 14 nitrogen and oxygen atoms in total. The first-order chi connectivity index (χ1) is 22.1. The Kier molecular flexibility index (Phi) is 10.0. The van der Waals surface area contributed by atoms with E-state index in [1.54, 1.807) is 18.2 Å². The van der Waals surface area contributed by atoms with E-state index in [4.69, 9.17) is 5.11 Å². The molecule has 3 aromatic heterocycles. The van der Waals surface area contributed by atoms with Crippen LogP contribution in [-0.4, -0.2) is 118 Å². The number of likely N-dealkylation sites (N-methyl/N-ethyl adjacent to an activating group) is 1. The molecule has 4 heterocycles. The van der Waals surface area contributed by atoms with E-state index in [0.29, 0.717) is 48.5 Å². The highest BCUT2D eigenvalue weighted by atomic mass is 32.2. The lowest BCUT2D eigenvalue weighted by Crippen LogP contribution is -2.50. The summed E-state index contributed by atoms with van der Waals surface area (Å²) in [5.41, 5.74) is -0.159. The van der Waals surface area contributed by atoms with Gasteiger partial charge in [0.25, 0.3) is 10.0 Å². The number of carbonyl (C=O) groups is 1. The molecule has 0 spiro atoms. The zero-order chi connectivity index (χ0) is 34.1. The Bertz CT molecular complexity index is 1850. The minimum atomic E-state index is -4.66. The predicted molar refractivity (Wildman–Crippen MR) is 171 cm³/mol. The van der Waals surface area contributed by atoms with Gasteiger partial charge in [-0.25, -0.2) is 28.2 Å². The first-order valence-corrected chi connectivity index (χ1v) is 16.9. The van der Waals surface area contributed by atoms with Crippen molar-refractivity contribution in [2.75, 3.05) is 64.0 Å². The van der Waals surface area contributed by atoms with Crippen molar-refractivity contribution >= 4 is 49.3 Å². The number of hydrogen-bond acceptors (Lipinski definition) is 11. The molecule has 0 aliphatic carbocycles. The van der Waals surface area contributed by atoms with E-state index in [1.165, 1.54) is 28.4 Å². The summed E-state index contributed by atoms with van der Waals surface area (Å²) in [6.07, 6.45) is -3.27. The predicted octanol–water partition coefficient (Wildman–Crippen LogP) is 3.74. The molecule has 4 aromatic rings. The van der Waals surface area contributed by atoms with Gasteiger partial charge >= 0.3 is 12.3 Å². The van der Waals surface area contributed by atoms with Crippen LogP contribution >= 0.6 is 11.3 Å². The second-order valence-corrected chi connectivity index (χ2v) is 14.6. The van der Waals surface area contributed by atoms with E-state index >= 15 is 0 Å². The molecule has 1 saturated heterocycles. The summed E-state index contributed by atoms with van der Waals surface area (Å²) in [6, 6.07) is 4.85. The van der Waals surface area contributed by atoms with Crippen LogP contribution in [0.5, 0.6) is 0 Å². The van der Waals surface area contributed by atoms with Crippen LogP contribution in [0.15, 0.2) is 34.9 Å². The quantitative estimate of drug-likeness (QED) is 0.210. The highest BCUT2D eigenvalue weighted by Crippen LogP contribution is 2.39. The third-order valence-electron chi connectivity index (χ3n) is 7.55. The number of para-hydroxylation sites is 1. The van der Waals surface area contributed by atoms with E-state index in [0.717, 1.165) is 11.3 Å². The van der Waals surface area contributed by atoms with Gasteiger partial charge in [0.1, 0.15) is 12.1 Å². The highest BCUT2D eigenvalue weighted by molar-refractivity contribution is 7.91. The smallest absolute Gasteiger partial charge is 0.435 e. The van der Waals surface area contributed by atoms with Crippen molar-refractivity contribution < 1.29 is 31.5 Å². The summed E-state index contributed by atoms with van der Waals surface area (Å²) in [4.78, 5) is 27.7. The van der Waals surface area contributed by atoms with Gasteiger partial charge in [-0.3, -0.25) is 14.9 Å². The summed E-state index contributed by atoms with van der Waals surface area (Å²) in [7, 11) is -0.189. The Labute approximate surface area is 273 Å². The van der Waals surface area contributed by atoms with Gasteiger partial charge in [-0.15, -0.1) is 0 Å². The Hall–Kier alpha value is -3.91. The number of nitrogens with zero attached hydrogens (tertiary/aromatic N) is 8. The fraction of sp³-hybridized carbons (Fsp3) is 0.464. The van der Waals surface area contributed by atoms with Gasteiger partial charge in [-0.1, -0.05) is 23.5 Å². The average Bonchev–Trinajstić information content (AvgIpc) is 3.59. The standard InChI is InChI=1S/C28H35F3N10O4S2/c1-17(14-39-9-12-41(13-10-39)47(44,45)25-18(2)35-26(46-25)36-27(42)43)34-24-20-7-5-6-19(22(20)32-16-33-24)21-15-40(11-8-38(3)4)37-23(21)28(29,30)31/h5-7,15-17H,8-14H2,1-4H3,(H,35,36)(H,42,43)(H,32,33,34)/t17-/m0/s1. The van der Waals surface area contributed by atoms with Crippen LogP contribution in [0, 0.1) is 6.92 Å². The molecule has 3 N–H and O–H groups in total. The minimum Gasteiger partial charge on any atom is -0.465 e. The number of hydrogen-bond donors (Lipinski definition) is 3. The van der Waals surface area contributed by atoms with Gasteiger partial charge in [0, 0.05) is 68.0 Å². The normalized spacial score (nSPS) is 15.7. The third kappa shape index (κ3) is 7.81. The summed E-state index contributed by atoms with van der Waals surface area (Å²) in [5, 5.41) is 18.8. The van der Waals surface area contributed by atoms with E-state index in [-0.39, 0.29) is 46.3 Å². The molecular weight excluding hydrogens is 662 g/mol. The molecule has 47 heavy (non-hydrogen) atoms. The molecule has 254 valence electrons. The molecule has 1 amide bonds. The first-order valence-electron chi connectivity index (χ1n) is 14.6. The Morgan fingerprint density at radius 2 is 1.87 bits per heavy atom. The molecule has 1 atom stereocenters. The van der Waals surface area contributed by atoms with Crippen molar-refractivity contribution in [3.63, 3.8) is 0 Å². The van der Waals surface area contributed by atoms with Gasteiger partial charge in [0.2, 0.25) is 0 Å². The monoisotopic (exact) mass is 696 g/mol. The van der Waals surface area contributed by atoms with E-state index in [1.807, 2.05) is 25.9 Å². The number of aromatic nitrogens is 5. The zero-order valence-electron chi connectivity index (χ0n) is 26.1. The fourth-order valence-electron chi connectivity index (χ4n) is 5.37. The number of nitrogens with one attached hydrogen (secondary N) is 2. The van der Waals surface area contributed by atoms with Gasteiger partial charge in [-0.05, 0) is 34.0 Å². The molecule has 1 aromatic carbocycles. The van der Waals surface area contributed by atoms with Gasteiger partial charge < -0.3 is 15.3 Å². The number of piperazine rings is 1. The molecule has 0 radical (unpaired) electrons. The van der Waals surface area contributed by atoms with E-state index in [2.05, 4.69) is 35.6 Å². The third-order valence-corrected chi connectivity index (χ3v) is 11.1. The number of anilines is 2. The van der Waals surface area contributed by atoms with Crippen molar-refractivity contribution in [2.45, 2.75) is 36.8 Å². The molecular formula is C28H35F3N10O4S2. The van der Waals surface area contributed by atoms with Crippen LogP contribution in [-0.2, 0) is 22.7 Å². The maximum atomic E-state index is 14.1. The van der Waals surface area contributed by atoms with Gasteiger partial charge in [0.05, 0.1) is 17.8 Å². The molecule has 0 unspecified atom stereocenters. The van der Waals surface area contributed by atoms with Crippen molar-refractivity contribution in [3.8, 4) is 11.1 Å². The number of amides is 1. The lowest BCUT2D eigenvalue weighted by molar-refractivity contribution is -0.141. The summed E-state index contributed by atoms with van der Waals surface area (Å²) in [6.45, 7) is 6.19. The molecule has 1 aliphatic rings. The number of rotatable bonds is 11. The van der Waals surface area contributed by atoms with Crippen molar-refractivity contribution in [3.05, 3.63) is 42.1 Å². The van der Waals surface area contributed by atoms with Crippen LogP contribution in [0.1, 0.15) is 18.3 Å². The number of benzene rings is 1. The lowest BCUT2D eigenvalue weighted by Gasteiger charge is -2.35. The lowest BCUT2D eigenvalue weighted by atomic mass is 10.0. The topological polar surface area (TPSA) is 162 Å². The minimum absolute atomic E-state index is 0.00279. The Balaban J connectivity index is 1.28. The van der Waals surface area contributed by atoms with Crippen molar-refractivity contribution in [2.24, 2.45) is 0 Å². The Morgan fingerprint density at radius 1 is 1.15 bits per heavy atom. The van der Waals surface area contributed by atoms with Crippen LogP contribution < -0.4 is 10.6 Å². The van der Waals surface area contributed by atoms with Crippen molar-refractivity contribution in [1.82, 2.24) is 38.8 Å². The number of halogens is 3. The highest BCUT2D eigenvalue weighted by Gasteiger charge is 2.38. The summed E-state index contributed by atoms with van der Waals surface area (Å²) < 4.78 is 71.4. The molecule has 0 bridgehead atoms. The number of fused-ring (bicyclic) bond motifs is 1. The number of thiazole rings is 1. The van der Waals surface area contributed by atoms with E-state index < -0.39 is 28.0 Å². The van der Waals surface area contributed by atoms with E-state index in [9.17, 15) is 26.4 Å². The van der Waals surface area contributed by atoms with Crippen LogP contribution in [0.3, 0.4) is 0 Å². The van der Waals surface area contributed by atoms with Gasteiger partial charge in [0.15, 0.2) is 15.0 Å². The maximum Gasteiger partial charge on any atom is 0.435 e. The molecule has 1 aliphatic heterocycles. The van der Waals surface area contributed by atoms with Gasteiger partial charge in [-0.2, -0.15) is 22.6 Å². The second kappa shape index (κ2) is 13.7. The number of carboxylic acid groups (broad SMARTS) is 1. The zero-order valence-corrected chi connectivity index (χ0v) is 27.7. The molecule has 0 saturated carbocycles. The SMILES string of the molecule is Cc1nc(NC(=O)O)sc1S(=O)(=O)N1CCN(C[C@H](C)Nc2ncnc3c(-c4cn(CCN(C)C)nc4C(F)(F)F)cccc23)CC1. The molecule has 5 rings (SSSR count). The Morgan fingerprint density at radius 3 is 2.53 bits per heavy atom. The first kappa shape index (κ1) is 34.4. The van der Waals surface area contributed by atoms with Crippen LogP contribution in [0.4, 0.5) is 28.9 Å². The largest absolute Gasteiger partial charge is 0.465 e. The number of alkyl halides is 3. The van der Waals surface area contributed by atoms with Crippen LogP contribution in [0.2, 0.25) is 0 Å². The average molecular weight is 697 g/mol. The van der Waals surface area contributed by atoms with Crippen LogP contribution in [0.25, 0.3) is 22.0 Å². The molecule has 19 heteroatoms. The number of aryl methyl sites for hydroxylation is 1. The number of sulfonamides is 1. The fourth-order valence-corrected chi connectivity index (χ4v) is 8.33. The second-order valence-electron chi connectivity index (χ2n) is 11.5. The summed E-state index contributed by atoms with van der Waals surface area (Å²) >= 11 is 0.777. The van der Waals surface area contributed by atoms with Crippen molar-refractivity contribution in [1.29, 1.82) is 0 Å². The molecule has 1 fully saturated rings.